The molecule has 3 nitrogen and oxygen atoms in total. The lowest BCUT2D eigenvalue weighted by atomic mass is 9.88. The van der Waals surface area contributed by atoms with Crippen molar-refractivity contribution in [1.29, 1.82) is 0 Å². The summed E-state index contributed by atoms with van der Waals surface area (Å²) in [4.78, 5) is 24.1. The van der Waals surface area contributed by atoms with Gasteiger partial charge >= 0.3 is 6.18 Å². The van der Waals surface area contributed by atoms with E-state index in [1.165, 1.54) is 7.05 Å². The van der Waals surface area contributed by atoms with Crippen LogP contribution in [0.25, 0.3) is 0 Å². The summed E-state index contributed by atoms with van der Waals surface area (Å²) in [7, 11) is 1.37. The smallest absolute Gasteiger partial charge is 0.315 e. The van der Waals surface area contributed by atoms with E-state index in [-0.39, 0.29) is 6.42 Å². The molecule has 1 aromatic carbocycles. The first-order valence-corrected chi connectivity index (χ1v) is 5.29. The minimum atomic E-state index is -4.98. The van der Waals surface area contributed by atoms with Gasteiger partial charge in [0.05, 0.1) is 0 Å². The second kappa shape index (κ2) is 4.12. The van der Waals surface area contributed by atoms with Gasteiger partial charge < -0.3 is 4.90 Å². The van der Waals surface area contributed by atoms with Crippen molar-refractivity contribution in [3.8, 4) is 0 Å². The third-order valence-corrected chi connectivity index (χ3v) is 3.00. The Hall–Kier alpha value is -1.85. The van der Waals surface area contributed by atoms with E-state index in [2.05, 4.69) is 0 Å². The summed E-state index contributed by atoms with van der Waals surface area (Å²) in [5, 5.41) is 0. The Morgan fingerprint density at radius 3 is 2.56 bits per heavy atom. The maximum atomic E-state index is 12.4. The van der Waals surface area contributed by atoms with Crippen LogP contribution in [0.4, 0.5) is 18.9 Å². The Kier molecular flexibility index (Phi) is 2.88. The van der Waals surface area contributed by atoms with Gasteiger partial charge in [-0.25, -0.2) is 0 Å². The molecule has 1 amide bonds. The Balaban J connectivity index is 2.39. The van der Waals surface area contributed by atoms with Gasteiger partial charge in [0.1, 0.15) is 5.92 Å². The molecule has 6 heteroatoms. The molecular weight excluding hydrogens is 247 g/mol. The van der Waals surface area contributed by atoms with Crippen molar-refractivity contribution in [2.45, 2.75) is 12.6 Å². The third-order valence-electron chi connectivity index (χ3n) is 3.00. The molecule has 0 saturated heterocycles. The quantitative estimate of drug-likeness (QED) is 0.721. The van der Waals surface area contributed by atoms with Crippen molar-refractivity contribution in [3.05, 3.63) is 29.8 Å². The average Bonchev–Trinajstić information content (AvgIpc) is 2.32. The van der Waals surface area contributed by atoms with E-state index in [9.17, 15) is 22.8 Å². The summed E-state index contributed by atoms with van der Waals surface area (Å²) >= 11 is 0. The zero-order valence-electron chi connectivity index (χ0n) is 9.49. The minimum Gasteiger partial charge on any atom is -0.315 e. The lowest BCUT2D eigenvalue weighted by molar-refractivity contribution is -0.176. The van der Waals surface area contributed by atoms with Gasteiger partial charge in [0.25, 0.3) is 0 Å². The van der Waals surface area contributed by atoms with Gasteiger partial charge in [-0.3, -0.25) is 9.59 Å². The van der Waals surface area contributed by atoms with Crippen LogP contribution in [0.1, 0.15) is 5.56 Å². The normalized spacial score (nSPS) is 19.7. The van der Waals surface area contributed by atoms with E-state index in [1.54, 1.807) is 24.3 Å². The van der Waals surface area contributed by atoms with Crippen LogP contribution in [0.5, 0.6) is 0 Å². The fraction of sp³-hybridized carbons (Fsp3) is 0.333. The molecule has 0 fully saturated rings. The number of halogens is 3. The summed E-state index contributed by atoms with van der Waals surface area (Å²) in [5.41, 5.74) is 1.12. The summed E-state index contributed by atoms with van der Waals surface area (Å²) in [6.45, 7) is 0. The number of hydrogen-bond donors (Lipinski definition) is 0. The molecule has 0 spiro atoms. The van der Waals surface area contributed by atoms with Crippen LogP contribution in [-0.4, -0.2) is 24.9 Å². The maximum absolute atomic E-state index is 12.4. The van der Waals surface area contributed by atoms with Crippen molar-refractivity contribution in [2.75, 3.05) is 11.9 Å². The van der Waals surface area contributed by atoms with Crippen LogP contribution >= 0.6 is 0 Å². The van der Waals surface area contributed by atoms with Crippen LogP contribution in [-0.2, 0) is 16.0 Å². The molecule has 1 atom stereocenters. The molecule has 0 radical (unpaired) electrons. The first-order valence-electron chi connectivity index (χ1n) is 5.29. The Labute approximate surface area is 101 Å². The number of benzene rings is 1. The molecule has 2 rings (SSSR count). The number of alkyl halides is 3. The van der Waals surface area contributed by atoms with E-state index in [0.717, 1.165) is 4.90 Å². The van der Waals surface area contributed by atoms with Gasteiger partial charge in [0.15, 0.2) is 0 Å². The molecule has 96 valence electrons. The standard InChI is InChI=1S/C12H10F3NO2/c1-16-9-5-3-2-4-7(9)6-8(11(16)18)10(17)12(13,14)15/h2-5,8H,6H2,1H3/t8-/m1/s1. The van der Waals surface area contributed by atoms with E-state index >= 15 is 0 Å². The molecule has 1 aliphatic heterocycles. The molecule has 0 aromatic heterocycles. The average molecular weight is 257 g/mol. The SMILES string of the molecule is CN1C(=O)[C@@H](C(=O)C(F)(F)F)Cc2ccccc21. The topological polar surface area (TPSA) is 37.4 Å². The zero-order valence-corrected chi connectivity index (χ0v) is 9.49. The van der Waals surface area contributed by atoms with E-state index in [1.807, 2.05) is 0 Å². The number of hydrogen-bond acceptors (Lipinski definition) is 2. The minimum absolute atomic E-state index is 0.197. The number of nitrogens with zero attached hydrogens (tertiary/aromatic N) is 1. The number of para-hydroxylation sites is 1. The summed E-state index contributed by atoms with van der Waals surface area (Å²) in [6, 6.07) is 6.61. The number of fused-ring (bicyclic) bond motifs is 1. The second-order valence-electron chi connectivity index (χ2n) is 4.14. The molecule has 0 N–H and O–H groups in total. The van der Waals surface area contributed by atoms with Gasteiger partial charge in [0, 0.05) is 12.7 Å². The van der Waals surface area contributed by atoms with Crippen LogP contribution in [0.3, 0.4) is 0 Å². The summed E-state index contributed by atoms with van der Waals surface area (Å²) in [5.74, 6) is -4.45. The van der Waals surface area contributed by atoms with Gasteiger partial charge in [-0.15, -0.1) is 0 Å². The van der Waals surface area contributed by atoms with Crippen molar-refractivity contribution in [2.24, 2.45) is 5.92 Å². The first kappa shape index (κ1) is 12.6. The van der Waals surface area contributed by atoms with Gasteiger partial charge in [-0.05, 0) is 18.1 Å². The molecule has 1 aromatic rings. The number of Topliss-reactive ketones (excluding diaryl/α,β-unsaturated/α-hetero) is 1. The first-order chi connectivity index (χ1) is 8.32. The number of ketones is 1. The number of rotatable bonds is 1. The Morgan fingerprint density at radius 2 is 1.94 bits per heavy atom. The summed E-state index contributed by atoms with van der Waals surface area (Å²) < 4.78 is 37.2. The monoisotopic (exact) mass is 257 g/mol. The molecule has 1 aliphatic rings. The number of anilines is 1. The van der Waals surface area contributed by atoms with Gasteiger partial charge in [-0.2, -0.15) is 13.2 Å². The van der Waals surface area contributed by atoms with E-state index in [0.29, 0.717) is 11.3 Å². The maximum Gasteiger partial charge on any atom is 0.450 e. The fourth-order valence-corrected chi connectivity index (χ4v) is 2.07. The molecule has 0 unspecified atom stereocenters. The van der Waals surface area contributed by atoms with Crippen LogP contribution in [0, 0.1) is 5.92 Å². The largest absolute Gasteiger partial charge is 0.450 e. The van der Waals surface area contributed by atoms with Crippen molar-refractivity contribution < 1.29 is 22.8 Å². The molecular formula is C12H10F3NO2. The van der Waals surface area contributed by atoms with E-state index in [4.69, 9.17) is 0 Å². The van der Waals surface area contributed by atoms with Crippen LogP contribution in [0.2, 0.25) is 0 Å². The van der Waals surface area contributed by atoms with Crippen LogP contribution in [0.15, 0.2) is 24.3 Å². The predicted octanol–water partition coefficient (Wildman–Crippen LogP) is 1.95. The fourth-order valence-electron chi connectivity index (χ4n) is 2.07. The lowest BCUT2D eigenvalue weighted by Gasteiger charge is -2.30. The van der Waals surface area contributed by atoms with Gasteiger partial charge in [0.2, 0.25) is 11.7 Å². The third kappa shape index (κ3) is 1.98. The Bertz CT molecular complexity index is 510. The van der Waals surface area contributed by atoms with Crippen molar-refractivity contribution in [3.63, 3.8) is 0 Å². The highest BCUT2D eigenvalue weighted by molar-refractivity contribution is 6.11. The highest BCUT2D eigenvalue weighted by atomic mass is 19.4. The molecule has 1 heterocycles. The second-order valence-corrected chi connectivity index (χ2v) is 4.14. The molecule has 0 bridgehead atoms. The molecule has 0 saturated carbocycles. The van der Waals surface area contributed by atoms with Crippen molar-refractivity contribution in [1.82, 2.24) is 0 Å². The molecule has 0 aliphatic carbocycles. The predicted molar refractivity (Wildman–Crippen MR) is 58.1 cm³/mol. The Morgan fingerprint density at radius 1 is 1.33 bits per heavy atom. The highest BCUT2D eigenvalue weighted by Gasteiger charge is 2.48. The van der Waals surface area contributed by atoms with Crippen molar-refractivity contribution >= 4 is 17.4 Å². The van der Waals surface area contributed by atoms with E-state index < -0.39 is 23.8 Å². The zero-order chi connectivity index (χ0) is 13.5. The number of carbonyl (C=O) groups excluding carboxylic acids is 2. The number of carbonyl (C=O) groups is 2. The lowest BCUT2D eigenvalue weighted by Crippen LogP contribution is -2.46. The molecule has 18 heavy (non-hydrogen) atoms. The highest BCUT2D eigenvalue weighted by Crippen LogP contribution is 2.33. The number of amides is 1. The van der Waals surface area contributed by atoms with Gasteiger partial charge in [-0.1, -0.05) is 18.2 Å². The van der Waals surface area contributed by atoms with Crippen LogP contribution < -0.4 is 4.90 Å². The summed E-state index contributed by atoms with van der Waals surface area (Å²) in [6.07, 6.45) is -5.18.